The van der Waals surface area contributed by atoms with Crippen LogP contribution in [0.2, 0.25) is 0 Å². The molecule has 1 heterocycles. The van der Waals surface area contributed by atoms with Crippen LogP contribution in [0, 0.1) is 0 Å². The van der Waals surface area contributed by atoms with Gasteiger partial charge >= 0.3 is 6.03 Å². The average molecular weight is 322 g/mol. The van der Waals surface area contributed by atoms with E-state index < -0.39 is 5.54 Å². The molecule has 3 amide bonds. The molecule has 124 valence electrons. The minimum absolute atomic E-state index is 0.121. The highest BCUT2D eigenvalue weighted by Gasteiger charge is 2.48. The van der Waals surface area contributed by atoms with Crippen molar-refractivity contribution in [2.75, 3.05) is 0 Å². The van der Waals surface area contributed by atoms with Gasteiger partial charge in [-0.2, -0.15) is 0 Å². The van der Waals surface area contributed by atoms with E-state index in [0.717, 1.165) is 16.7 Å². The van der Waals surface area contributed by atoms with E-state index in [0.29, 0.717) is 19.4 Å². The Hall–Kier alpha value is -2.62. The molecule has 0 atom stereocenters. The van der Waals surface area contributed by atoms with E-state index in [1.54, 1.807) is 0 Å². The predicted octanol–water partition coefficient (Wildman–Crippen LogP) is 3.96. The van der Waals surface area contributed by atoms with Crippen molar-refractivity contribution in [3.05, 3.63) is 60.2 Å². The van der Waals surface area contributed by atoms with Crippen LogP contribution in [0.3, 0.4) is 0 Å². The summed E-state index contributed by atoms with van der Waals surface area (Å²) in [6.07, 6.45) is 1.22. The van der Waals surface area contributed by atoms with Gasteiger partial charge in [-0.3, -0.25) is 9.69 Å². The Bertz CT molecular complexity index is 734. The van der Waals surface area contributed by atoms with E-state index in [1.165, 1.54) is 4.90 Å². The molecule has 4 heteroatoms. The number of hydrogen-bond acceptors (Lipinski definition) is 2. The van der Waals surface area contributed by atoms with Crippen molar-refractivity contribution in [3.8, 4) is 11.1 Å². The molecule has 2 aromatic carbocycles. The number of urea groups is 1. The zero-order valence-corrected chi connectivity index (χ0v) is 14.1. The van der Waals surface area contributed by atoms with Crippen LogP contribution in [0.4, 0.5) is 4.79 Å². The molecular formula is C20H22N2O2. The number of nitrogens with one attached hydrogen (secondary N) is 1. The second-order valence-corrected chi connectivity index (χ2v) is 6.17. The fourth-order valence-corrected chi connectivity index (χ4v) is 3.16. The number of carbonyl (C=O) groups is 2. The third-order valence-corrected chi connectivity index (χ3v) is 4.85. The van der Waals surface area contributed by atoms with Crippen molar-refractivity contribution >= 4 is 11.9 Å². The Morgan fingerprint density at radius 2 is 1.46 bits per heavy atom. The average Bonchev–Trinajstić information content (AvgIpc) is 2.88. The molecule has 1 N–H and O–H groups in total. The van der Waals surface area contributed by atoms with Gasteiger partial charge in [0, 0.05) is 0 Å². The molecule has 1 aliphatic rings. The second kappa shape index (κ2) is 6.48. The Morgan fingerprint density at radius 1 is 0.875 bits per heavy atom. The van der Waals surface area contributed by atoms with Gasteiger partial charge in [-0.05, 0) is 29.5 Å². The van der Waals surface area contributed by atoms with Gasteiger partial charge in [0.15, 0.2) is 0 Å². The lowest BCUT2D eigenvalue weighted by Gasteiger charge is -2.23. The van der Waals surface area contributed by atoms with Crippen molar-refractivity contribution in [1.82, 2.24) is 10.2 Å². The predicted molar refractivity (Wildman–Crippen MR) is 94.3 cm³/mol. The Labute approximate surface area is 142 Å². The van der Waals surface area contributed by atoms with Crippen molar-refractivity contribution in [1.29, 1.82) is 0 Å². The summed E-state index contributed by atoms with van der Waals surface area (Å²) in [5, 5.41) is 2.86. The molecule has 1 saturated heterocycles. The number of hydrogen-bond donors (Lipinski definition) is 1. The largest absolute Gasteiger partial charge is 0.325 e. The molecule has 3 rings (SSSR count). The van der Waals surface area contributed by atoms with Gasteiger partial charge in [-0.15, -0.1) is 0 Å². The van der Waals surface area contributed by atoms with E-state index in [4.69, 9.17) is 0 Å². The minimum atomic E-state index is -0.735. The van der Waals surface area contributed by atoms with Crippen molar-refractivity contribution in [3.63, 3.8) is 0 Å². The molecule has 2 aromatic rings. The number of benzene rings is 2. The molecule has 1 fully saturated rings. The number of amides is 3. The van der Waals surface area contributed by atoms with Crippen LogP contribution in [0.15, 0.2) is 54.6 Å². The quantitative estimate of drug-likeness (QED) is 0.847. The van der Waals surface area contributed by atoms with Crippen LogP contribution < -0.4 is 5.32 Å². The molecule has 1 aliphatic heterocycles. The third-order valence-electron chi connectivity index (χ3n) is 4.85. The van der Waals surface area contributed by atoms with Crippen LogP contribution >= 0.6 is 0 Å². The highest BCUT2D eigenvalue weighted by molar-refractivity contribution is 6.06. The molecule has 0 aliphatic carbocycles. The monoisotopic (exact) mass is 322 g/mol. The van der Waals surface area contributed by atoms with Crippen molar-refractivity contribution in [2.45, 2.75) is 38.8 Å². The maximum absolute atomic E-state index is 12.6. The van der Waals surface area contributed by atoms with Crippen molar-refractivity contribution < 1.29 is 9.59 Å². The van der Waals surface area contributed by atoms with E-state index >= 15 is 0 Å². The number of imide groups is 1. The first-order valence-corrected chi connectivity index (χ1v) is 8.38. The van der Waals surface area contributed by atoms with Gasteiger partial charge in [0.2, 0.25) is 0 Å². The van der Waals surface area contributed by atoms with E-state index in [9.17, 15) is 9.59 Å². The minimum Gasteiger partial charge on any atom is -0.323 e. The highest BCUT2D eigenvalue weighted by atomic mass is 16.2. The van der Waals surface area contributed by atoms with Gasteiger partial charge in [0.25, 0.3) is 5.91 Å². The zero-order chi connectivity index (χ0) is 17.2. The first-order chi connectivity index (χ1) is 11.6. The van der Waals surface area contributed by atoms with Gasteiger partial charge in [0.05, 0.1) is 6.54 Å². The lowest BCUT2D eigenvalue weighted by molar-refractivity contribution is -0.132. The van der Waals surface area contributed by atoms with Crippen LogP contribution in [0.1, 0.15) is 32.3 Å². The van der Waals surface area contributed by atoms with Crippen LogP contribution in [0.5, 0.6) is 0 Å². The standard InChI is InChI=1S/C20H22N2O2/c1-3-20(4-2)18(23)22(19(24)21-20)14-15-10-12-17(13-11-15)16-8-6-5-7-9-16/h5-13H,3-4,14H2,1-2H3,(H,21,24). The summed E-state index contributed by atoms with van der Waals surface area (Å²) in [5.74, 6) is -0.121. The maximum atomic E-state index is 12.6. The topological polar surface area (TPSA) is 49.4 Å². The number of rotatable bonds is 5. The molecule has 0 radical (unpaired) electrons. The Kier molecular flexibility index (Phi) is 4.38. The lowest BCUT2D eigenvalue weighted by atomic mass is 9.93. The zero-order valence-electron chi connectivity index (χ0n) is 14.1. The van der Waals surface area contributed by atoms with Gasteiger partial charge < -0.3 is 5.32 Å². The highest BCUT2D eigenvalue weighted by Crippen LogP contribution is 2.27. The molecule has 0 bridgehead atoms. The van der Waals surface area contributed by atoms with Crippen LogP contribution in [0.25, 0.3) is 11.1 Å². The smallest absolute Gasteiger partial charge is 0.323 e. The summed E-state index contributed by atoms with van der Waals surface area (Å²) < 4.78 is 0. The molecule has 0 saturated carbocycles. The third kappa shape index (κ3) is 2.80. The van der Waals surface area contributed by atoms with E-state index in [-0.39, 0.29) is 11.9 Å². The first kappa shape index (κ1) is 16.2. The van der Waals surface area contributed by atoms with E-state index in [2.05, 4.69) is 17.4 Å². The number of nitrogens with zero attached hydrogens (tertiary/aromatic N) is 1. The van der Waals surface area contributed by atoms with E-state index in [1.807, 2.05) is 56.3 Å². The molecular weight excluding hydrogens is 300 g/mol. The van der Waals surface area contributed by atoms with Crippen molar-refractivity contribution in [2.24, 2.45) is 0 Å². The molecule has 0 unspecified atom stereocenters. The lowest BCUT2D eigenvalue weighted by Crippen LogP contribution is -2.45. The first-order valence-electron chi connectivity index (χ1n) is 8.38. The summed E-state index contributed by atoms with van der Waals surface area (Å²) in [6.45, 7) is 4.17. The van der Waals surface area contributed by atoms with Gasteiger partial charge in [0.1, 0.15) is 5.54 Å². The summed E-state index contributed by atoms with van der Waals surface area (Å²) >= 11 is 0. The molecule has 24 heavy (non-hydrogen) atoms. The molecule has 0 aromatic heterocycles. The second-order valence-electron chi connectivity index (χ2n) is 6.17. The van der Waals surface area contributed by atoms with Gasteiger partial charge in [-0.25, -0.2) is 4.79 Å². The van der Waals surface area contributed by atoms with Gasteiger partial charge in [-0.1, -0.05) is 68.4 Å². The summed E-state index contributed by atoms with van der Waals surface area (Å²) in [4.78, 5) is 26.2. The van der Waals surface area contributed by atoms with Crippen LogP contribution in [-0.4, -0.2) is 22.4 Å². The summed E-state index contributed by atoms with van der Waals surface area (Å²) in [6, 6.07) is 17.8. The summed E-state index contributed by atoms with van der Waals surface area (Å²) in [5.41, 5.74) is 2.48. The Morgan fingerprint density at radius 3 is 2.00 bits per heavy atom. The normalized spacial score (nSPS) is 16.3. The van der Waals surface area contributed by atoms with Crippen LogP contribution in [-0.2, 0) is 11.3 Å². The SMILES string of the molecule is CCC1(CC)NC(=O)N(Cc2ccc(-c3ccccc3)cc2)C1=O. The fourth-order valence-electron chi connectivity index (χ4n) is 3.16. The fraction of sp³-hybridized carbons (Fsp3) is 0.300. The molecule has 4 nitrogen and oxygen atoms in total. The maximum Gasteiger partial charge on any atom is 0.325 e. The number of carbonyl (C=O) groups excluding carboxylic acids is 2. The Balaban J connectivity index is 1.77. The summed E-state index contributed by atoms with van der Waals surface area (Å²) in [7, 11) is 0. The molecule has 0 spiro atoms.